The molecule has 0 saturated carbocycles. The number of nitrogens with zero attached hydrogens (tertiary/aromatic N) is 3. The number of hydrogen-bond donors (Lipinski definition) is 2. The number of rotatable bonds is 4. The summed E-state index contributed by atoms with van der Waals surface area (Å²) in [5, 5.41) is 14.9. The van der Waals surface area contributed by atoms with Crippen LogP contribution < -0.4 is 10.6 Å². The van der Waals surface area contributed by atoms with Gasteiger partial charge in [-0.05, 0) is 46.2 Å². The number of carbonyl (C=O) groups excluding carboxylic acids is 1. The molecular weight excluding hydrogens is 361 g/mol. The normalized spacial score (nSPS) is 17.2. The summed E-state index contributed by atoms with van der Waals surface area (Å²) in [6.07, 6.45) is 0.343. The molecule has 1 aliphatic rings. The second kappa shape index (κ2) is 9.40. The molecule has 1 aromatic carbocycles. The zero-order valence-corrected chi connectivity index (χ0v) is 16.9. The van der Waals surface area contributed by atoms with Gasteiger partial charge in [-0.3, -0.25) is 0 Å². The number of likely N-dealkylation sites (tertiary alicyclic amines) is 1. The first kappa shape index (κ1) is 21.5. The second-order valence-electron chi connectivity index (χ2n) is 7.67. The fraction of sp³-hybridized carbons (Fsp3) is 0.550. The molecule has 1 aromatic rings. The van der Waals surface area contributed by atoms with E-state index >= 15 is 0 Å². The fourth-order valence-electron chi connectivity index (χ4n) is 2.88. The zero-order chi connectivity index (χ0) is 20.7. The van der Waals surface area contributed by atoms with Crippen LogP contribution in [0.15, 0.2) is 23.2 Å². The molecule has 0 bridgehead atoms. The van der Waals surface area contributed by atoms with Crippen molar-refractivity contribution in [2.24, 2.45) is 4.99 Å². The Kier molecular flexibility index (Phi) is 7.21. The molecule has 0 aromatic heterocycles. The number of hydrogen-bond acceptors (Lipinski definition) is 4. The van der Waals surface area contributed by atoms with Gasteiger partial charge in [0.1, 0.15) is 11.4 Å². The summed E-state index contributed by atoms with van der Waals surface area (Å²) in [7, 11) is 0. The summed E-state index contributed by atoms with van der Waals surface area (Å²) in [6, 6.07) is 6.26. The maximum Gasteiger partial charge on any atom is 0.407 e. The number of ether oxygens (including phenoxy) is 1. The predicted molar refractivity (Wildman–Crippen MR) is 105 cm³/mol. The topological polar surface area (TPSA) is 89.8 Å². The van der Waals surface area contributed by atoms with E-state index in [4.69, 9.17) is 10.00 Å². The maximum atomic E-state index is 14.1. The molecule has 0 aliphatic carbocycles. The van der Waals surface area contributed by atoms with Gasteiger partial charge in [0, 0.05) is 25.2 Å². The standard InChI is InChI=1S/C20H28FN5O2/c1-5-23-18(24-12-15-7-6-14(11-22)10-17(15)21)26-9-8-16(13-26)25-19(27)28-20(2,3)4/h6-7,10,16H,5,8-9,12-13H2,1-4H3,(H,23,24)(H,25,27). The van der Waals surface area contributed by atoms with Crippen molar-refractivity contribution in [3.63, 3.8) is 0 Å². The first-order valence-electron chi connectivity index (χ1n) is 9.43. The van der Waals surface area contributed by atoms with Crippen LogP contribution >= 0.6 is 0 Å². The molecule has 7 nitrogen and oxygen atoms in total. The van der Waals surface area contributed by atoms with E-state index in [2.05, 4.69) is 15.6 Å². The lowest BCUT2D eigenvalue weighted by Gasteiger charge is -2.23. The molecule has 1 fully saturated rings. The smallest absolute Gasteiger partial charge is 0.407 e. The van der Waals surface area contributed by atoms with E-state index in [1.54, 1.807) is 12.1 Å². The first-order chi connectivity index (χ1) is 13.2. The number of carbonyl (C=O) groups is 1. The molecule has 1 atom stereocenters. The molecule has 2 N–H and O–H groups in total. The quantitative estimate of drug-likeness (QED) is 0.610. The number of aliphatic imine (C=N–C) groups is 1. The molecule has 0 spiro atoms. The van der Waals surface area contributed by atoms with Gasteiger partial charge in [-0.1, -0.05) is 6.07 Å². The lowest BCUT2D eigenvalue weighted by atomic mass is 10.1. The maximum absolute atomic E-state index is 14.1. The first-order valence-corrected chi connectivity index (χ1v) is 9.43. The van der Waals surface area contributed by atoms with Crippen LogP contribution in [0.1, 0.15) is 45.2 Å². The second-order valence-corrected chi connectivity index (χ2v) is 7.67. The molecule has 28 heavy (non-hydrogen) atoms. The highest BCUT2D eigenvalue weighted by Gasteiger charge is 2.27. The Morgan fingerprint density at radius 1 is 1.46 bits per heavy atom. The summed E-state index contributed by atoms with van der Waals surface area (Å²) in [5.74, 6) is 0.226. The van der Waals surface area contributed by atoms with Crippen LogP contribution in [0.3, 0.4) is 0 Å². The summed E-state index contributed by atoms with van der Waals surface area (Å²) < 4.78 is 19.4. The molecule has 2 rings (SSSR count). The van der Waals surface area contributed by atoms with E-state index in [9.17, 15) is 9.18 Å². The molecule has 1 amide bonds. The Hall–Kier alpha value is -2.82. The largest absolute Gasteiger partial charge is 0.444 e. The van der Waals surface area contributed by atoms with Crippen LogP contribution in [-0.4, -0.2) is 48.2 Å². The van der Waals surface area contributed by atoms with Crippen molar-refractivity contribution >= 4 is 12.1 Å². The van der Waals surface area contributed by atoms with Crippen molar-refractivity contribution in [2.75, 3.05) is 19.6 Å². The molecular formula is C20H28FN5O2. The number of halogens is 1. The van der Waals surface area contributed by atoms with Crippen molar-refractivity contribution in [1.29, 1.82) is 5.26 Å². The molecule has 1 saturated heterocycles. The average molecular weight is 389 g/mol. The van der Waals surface area contributed by atoms with Crippen molar-refractivity contribution in [3.05, 3.63) is 35.1 Å². The molecule has 1 aliphatic heterocycles. The molecule has 152 valence electrons. The number of alkyl carbamates (subject to hydrolysis) is 1. The van der Waals surface area contributed by atoms with E-state index in [-0.39, 0.29) is 18.2 Å². The van der Waals surface area contributed by atoms with Gasteiger partial charge in [0.25, 0.3) is 0 Å². The molecule has 0 radical (unpaired) electrons. The Balaban J connectivity index is 1.99. The number of benzene rings is 1. The minimum Gasteiger partial charge on any atom is -0.444 e. The van der Waals surface area contributed by atoms with Crippen LogP contribution in [0.5, 0.6) is 0 Å². The summed E-state index contributed by atoms with van der Waals surface area (Å²) >= 11 is 0. The van der Waals surface area contributed by atoms with Crippen LogP contribution in [0.2, 0.25) is 0 Å². The van der Waals surface area contributed by atoms with Crippen molar-refractivity contribution < 1.29 is 13.9 Å². The third-order valence-corrected chi connectivity index (χ3v) is 4.12. The number of amides is 1. The zero-order valence-electron chi connectivity index (χ0n) is 16.9. The lowest BCUT2D eigenvalue weighted by Crippen LogP contribution is -2.44. The van der Waals surface area contributed by atoms with Gasteiger partial charge in [0.2, 0.25) is 0 Å². The van der Waals surface area contributed by atoms with Crippen molar-refractivity contribution in [2.45, 2.75) is 52.3 Å². The van der Waals surface area contributed by atoms with E-state index < -0.39 is 17.5 Å². The van der Waals surface area contributed by atoms with Crippen LogP contribution in [0, 0.1) is 17.1 Å². The number of guanidine groups is 1. The van der Waals surface area contributed by atoms with Crippen LogP contribution in [0.4, 0.5) is 9.18 Å². The number of nitriles is 1. The van der Waals surface area contributed by atoms with E-state index in [1.165, 1.54) is 6.07 Å². The number of nitrogens with one attached hydrogen (secondary N) is 2. The molecule has 8 heteroatoms. The van der Waals surface area contributed by atoms with E-state index in [1.807, 2.05) is 38.7 Å². The minimum absolute atomic E-state index is 0.0367. The van der Waals surface area contributed by atoms with Gasteiger partial charge in [0.15, 0.2) is 5.96 Å². The Labute approximate surface area is 165 Å². The van der Waals surface area contributed by atoms with Gasteiger partial charge in [-0.2, -0.15) is 5.26 Å². The molecule has 1 unspecified atom stereocenters. The third-order valence-electron chi connectivity index (χ3n) is 4.12. The summed E-state index contributed by atoms with van der Waals surface area (Å²) in [5.41, 5.74) is 0.175. The van der Waals surface area contributed by atoms with Crippen LogP contribution in [-0.2, 0) is 11.3 Å². The summed E-state index contributed by atoms with van der Waals surface area (Å²) in [4.78, 5) is 18.5. The van der Waals surface area contributed by atoms with Gasteiger partial charge < -0.3 is 20.3 Å². The SMILES string of the molecule is CCNC(=NCc1ccc(C#N)cc1F)N1CCC(NC(=O)OC(C)(C)C)C1. The fourth-order valence-corrected chi connectivity index (χ4v) is 2.88. The minimum atomic E-state index is -0.538. The highest BCUT2D eigenvalue weighted by atomic mass is 19.1. The lowest BCUT2D eigenvalue weighted by molar-refractivity contribution is 0.0507. The van der Waals surface area contributed by atoms with Gasteiger partial charge >= 0.3 is 6.09 Å². The summed E-state index contributed by atoms with van der Waals surface area (Å²) in [6.45, 7) is 9.60. The Morgan fingerprint density at radius 3 is 2.82 bits per heavy atom. The van der Waals surface area contributed by atoms with Gasteiger partial charge in [0.05, 0.1) is 24.2 Å². The van der Waals surface area contributed by atoms with E-state index in [0.717, 1.165) is 13.0 Å². The predicted octanol–water partition coefficient (Wildman–Crippen LogP) is 2.76. The molecule has 1 heterocycles. The van der Waals surface area contributed by atoms with E-state index in [0.29, 0.717) is 24.6 Å². The highest BCUT2D eigenvalue weighted by molar-refractivity contribution is 5.80. The van der Waals surface area contributed by atoms with Crippen LogP contribution in [0.25, 0.3) is 0 Å². The monoisotopic (exact) mass is 389 g/mol. The van der Waals surface area contributed by atoms with Crippen molar-refractivity contribution in [1.82, 2.24) is 15.5 Å². The highest BCUT2D eigenvalue weighted by Crippen LogP contribution is 2.14. The third kappa shape index (κ3) is 6.41. The Bertz CT molecular complexity index is 767. The van der Waals surface area contributed by atoms with Gasteiger partial charge in [-0.25, -0.2) is 14.2 Å². The van der Waals surface area contributed by atoms with Gasteiger partial charge in [-0.15, -0.1) is 0 Å². The Morgan fingerprint density at radius 2 is 2.21 bits per heavy atom. The average Bonchev–Trinajstić information content (AvgIpc) is 3.05. The van der Waals surface area contributed by atoms with Crippen molar-refractivity contribution in [3.8, 4) is 6.07 Å².